The van der Waals surface area contributed by atoms with Gasteiger partial charge in [-0.05, 0) is 50.1 Å². The molecule has 0 N–H and O–H groups in total. The quantitative estimate of drug-likeness (QED) is 0.459. The van der Waals surface area contributed by atoms with Gasteiger partial charge < -0.3 is 9.64 Å². The van der Waals surface area contributed by atoms with Gasteiger partial charge in [-0.25, -0.2) is 13.4 Å². The van der Waals surface area contributed by atoms with Gasteiger partial charge in [0.25, 0.3) is 0 Å². The van der Waals surface area contributed by atoms with Crippen LogP contribution in [0.15, 0.2) is 45.1 Å². The third-order valence-corrected chi connectivity index (χ3v) is 8.99. The summed E-state index contributed by atoms with van der Waals surface area (Å²) in [5.74, 6) is 0.351. The Morgan fingerprint density at radius 3 is 2.31 bits per heavy atom. The molecule has 1 saturated heterocycles. The van der Waals surface area contributed by atoms with Crippen molar-refractivity contribution in [2.75, 3.05) is 38.2 Å². The van der Waals surface area contributed by atoms with Crippen molar-refractivity contribution < 1.29 is 13.2 Å². The summed E-state index contributed by atoms with van der Waals surface area (Å²) in [5.41, 5.74) is 5.85. The Morgan fingerprint density at radius 1 is 1.03 bits per heavy atom. The number of sulfonamides is 1. The molecule has 9 heteroatoms. The van der Waals surface area contributed by atoms with Crippen LogP contribution < -0.4 is 9.64 Å². The summed E-state index contributed by atoms with van der Waals surface area (Å²) in [5, 5.41) is 3.02. The lowest BCUT2D eigenvalue weighted by atomic mass is 9.98. The van der Waals surface area contributed by atoms with E-state index in [0.29, 0.717) is 36.4 Å². The van der Waals surface area contributed by atoms with Crippen molar-refractivity contribution in [1.82, 2.24) is 9.29 Å². The van der Waals surface area contributed by atoms with Gasteiger partial charge in [-0.2, -0.15) is 4.31 Å². The number of nitrogens with zero attached hydrogens (tertiary/aromatic N) is 3. The number of hydrogen-bond acceptors (Lipinski definition) is 6. The van der Waals surface area contributed by atoms with Gasteiger partial charge in [0, 0.05) is 41.6 Å². The highest BCUT2D eigenvalue weighted by Gasteiger charge is 2.31. The average Bonchev–Trinajstić information content (AvgIpc) is 3.22. The zero-order chi connectivity index (χ0) is 23.0. The predicted octanol–water partition coefficient (Wildman–Crippen LogP) is 5.02. The van der Waals surface area contributed by atoms with Crippen LogP contribution in [0, 0.1) is 20.8 Å². The molecule has 0 bridgehead atoms. The highest BCUT2D eigenvalue weighted by molar-refractivity contribution is 9.10. The van der Waals surface area contributed by atoms with Crippen molar-refractivity contribution in [3.05, 3.63) is 56.9 Å². The standard InChI is InChI=1S/C23H26BrN3O3S2/c1-15-11-16(2)22(17(3)12-15)19-14-31-23(25-19)26-7-9-27(10-8-26)32(28,29)21-13-18(24)5-6-20(21)30-4/h5-6,11-14H,7-10H2,1-4H3. The van der Waals surface area contributed by atoms with Crippen molar-refractivity contribution in [2.24, 2.45) is 0 Å². The molecule has 4 rings (SSSR count). The largest absolute Gasteiger partial charge is 0.495 e. The molecular weight excluding hydrogens is 510 g/mol. The van der Waals surface area contributed by atoms with Crippen LogP contribution in [0.25, 0.3) is 11.3 Å². The molecule has 3 aromatic rings. The SMILES string of the molecule is COc1ccc(Br)cc1S(=O)(=O)N1CCN(c2nc(-c3c(C)cc(C)cc3C)cs2)CC1. The van der Waals surface area contributed by atoms with Gasteiger partial charge in [-0.3, -0.25) is 0 Å². The van der Waals surface area contributed by atoms with Crippen molar-refractivity contribution >= 4 is 42.4 Å². The number of benzene rings is 2. The van der Waals surface area contributed by atoms with E-state index in [9.17, 15) is 8.42 Å². The van der Waals surface area contributed by atoms with E-state index in [-0.39, 0.29) is 4.90 Å². The Kier molecular flexibility index (Phi) is 6.63. The highest BCUT2D eigenvalue weighted by Crippen LogP contribution is 2.34. The van der Waals surface area contributed by atoms with Crippen molar-refractivity contribution in [3.8, 4) is 17.0 Å². The van der Waals surface area contributed by atoms with Gasteiger partial charge in [-0.1, -0.05) is 33.6 Å². The number of rotatable bonds is 5. The fourth-order valence-corrected chi connectivity index (χ4v) is 7.21. The summed E-state index contributed by atoms with van der Waals surface area (Å²) in [6.07, 6.45) is 0. The first-order chi connectivity index (χ1) is 15.2. The maximum absolute atomic E-state index is 13.2. The minimum absolute atomic E-state index is 0.185. The third kappa shape index (κ3) is 4.44. The molecule has 1 aliphatic heterocycles. The van der Waals surface area contributed by atoms with Crippen molar-refractivity contribution in [1.29, 1.82) is 0 Å². The first kappa shape index (κ1) is 23.2. The van der Waals surface area contributed by atoms with E-state index < -0.39 is 10.0 Å². The van der Waals surface area contributed by atoms with Gasteiger partial charge in [-0.15, -0.1) is 11.3 Å². The second-order valence-electron chi connectivity index (χ2n) is 7.98. The molecule has 0 radical (unpaired) electrons. The molecule has 170 valence electrons. The fourth-order valence-electron chi connectivity index (χ4n) is 4.22. The number of hydrogen-bond donors (Lipinski definition) is 0. The molecule has 0 amide bonds. The number of aromatic nitrogens is 1. The Bertz CT molecular complexity index is 1230. The number of halogens is 1. The number of methoxy groups -OCH3 is 1. The molecule has 0 aliphatic carbocycles. The lowest BCUT2D eigenvalue weighted by Crippen LogP contribution is -2.48. The van der Waals surface area contributed by atoms with Crippen molar-refractivity contribution in [3.63, 3.8) is 0 Å². The van der Waals surface area contributed by atoms with Gasteiger partial charge in [0.2, 0.25) is 10.0 Å². The smallest absolute Gasteiger partial charge is 0.246 e. The van der Waals surface area contributed by atoms with E-state index in [1.807, 2.05) is 0 Å². The highest BCUT2D eigenvalue weighted by atomic mass is 79.9. The van der Waals surface area contributed by atoms with E-state index in [1.165, 1.54) is 33.7 Å². The van der Waals surface area contributed by atoms with Crippen LogP contribution >= 0.6 is 27.3 Å². The molecule has 1 aliphatic rings. The topological polar surface area (TPSA) is 62.7 Å². The minimum atomic E-state index is -3.65. The number of piperazine rings is 1. The van der Waals surface area contributed by atoms with E-state index in [2.05, 4.69) is 59.1 Å². The summed E-state index contributed by atoms with van der Waals surface area (Å²) in [7, 11) is -2.17. The van der Waals surface area contributed by atoms with Gasteiger partial charge in [0.15, 0.2) is 5.13 Å². The lowest BCUT2D eigenvalue weighted by molar-refractivity contribution is 0.374. The maximum atomic E-state index is 13.2. The normalized spacial score (nSPS) is 15.2. The Morgan fingerprint density at radius 2 is 1.69 bits per heavy atom. The van der Waals surface area contributed by atoms with E-state index in [4.69, 9.17) is 9.72 Å². The molecule has 1 fully saturated rings. The Labute approximate surface area is 202 Å². The van der Waals surface area contributed by atoms with Crippen LogP contribution in [0.1, 0.15) is 16.7 Å². The molecule has 6 nitrogen and oxygen atoms in total. The monoisotopic (exact) mass is 535 g/mol. The summed E-state index contributed by atoms with van der Waals surface area (Å²) in [4.78, 5) is 7.24. The molecular formula is C23H26BrN3O3S2. The number of ether oxygens (including phenoxy) is 1. The van der Waals surface area contributed by atoms with Gasteiger partial charge in [0.1, 0.15) is 10.6 Å². The summed E-state index contributed by atoms with van der Waals surface area (Å²) >= 11 is 4.97. The van der Waals surface area contributed by atoms with Crippen LogP contribution in [0.5, 0.6) is 5.75 Å². The lowest BCUT2D eigenvalue weighted by Gasteiger charge is -2.34. The van der Waals surface area contributed by atoms with Crippen molar-refractivity contribution in [2.45, 2.75) is 25.7 Å². The minimum Gasteiger partial charge on any atom is -0.495 e. The molecule has 0 spiro atoms. The van der Waals surface area contributed by atoms with Crippen LogP contribution in [0.3, 0.4) is 0 Å². The molecule has 32 heavy (non-hydrogen) atoms. The van der Waals surface area contributed by atoms with Crippen LogP contribution in [-0.4, -0.2) is 51.0 Å². The molecule has 0 saturated carbocycles. The molecule has 0 atom stereocenters. The fraction of sp³-hybridized carbons (Fsp3) is 0.348. The second kappa shape index (κ2) is 9.13. The van der Waals surface area contributed by atoms with Crippen LogP contribution in [0.4, 0.5) is 5.13 Å². The molecule has 0 unspecified atom stereocenters. The molecule has 2 heterocycles. The molecule has 1 aromatic heterocycles. The zero-order valence-electron chi connectivity index (χ0n) is 18.6. The third-order valence-electron chi connectivity index (χ3n) is 5.68. The predicted molar refractivity (Wildman–Crippen MR) is 133 cm³/mol. The Hall–Kier alpha value is -1.94. The Balaban J connectivity index is 1.51. The van der Waals surface area contributed by atoms with E-state index in [0.717, 1.165) is 10.8 Å². The van der Waals surface area contributed by atoms with E-state index >= 15 is 0 Å². The summed E-state index contributed by atoms with van der Waals surface area (Å²) in [6.45, 7) is 8.32. The van der Waals surface area contributed by atoms with Gasteiger partial charge >= 0.3 is 0 Å². The maximum Gasteiger partial charge on any atom is 0.246 e. The van der Waals surface area contributed by atoms with Gasteiger partial charge in [0.05, 0.1) is 12.8 Å². The molecule has 2 aromatic carbocycles. The average molecular weight is 537 g/mol. The summed E-state index contributed by atoms with van der Waals surface area (Å²) in [6, 6.07) is 9.40. The number of aryl methyl sites for hydroxylation is 3. The number of anilines is 1. The van der Waals surface area contributed by atoms with Crippen LogP contribution in [0.2, 0.25) is 0 Å². The zero-order valence-corrected chi connectivity index (χ0v) is 21.8. The number of thiazole rings is 1. The van der Waals surface area contributed by atoms with E-state index in [1.54, 1.807) is 29.5 Å². The van der Waals surface area contributed by atoms with Crippen LogP contribution in [-0.2, 0) is 10.0 Å². The first-order valence-corrected chi connectivity index (χ1v) is 13.4. The summed E-state index contributed by atoms with van der Waals surface area (Å²) < 4.78 is 34.0. The first-order valence-electron chi connectivity index (χ1n) is 10.3. The second-order valence-corrected chi connectivity index (χ2v) is 11.6.